The summed E-state index contributed by atoms with van der Waals surface area (Å²) in [5.74, 6) is -0.0899. The van der Waals surface area contributed by atoms with Crippen molar-refractivity contribution in [1.29, 1.82) is 0 Å². The Balaban J connectivity index is 1.59. The summed E-state index contributed by atoms with van der Waals surface area (Å²) in [6.07, 6.45) is 4.78. The molecule has 0 radical (unpaired) electrons. The molecule has 1 atom stereocenters. The number of aromatic nitrogens is 6. The summed E-state index contributed by atoms with van der Waals surface area (Å²) in [6, 6.07) is 9.71. The molecule has 0 bridgehead atoms. The minimum atomic E-state index is -0.105. The quantitative estimate of drug-likeness (QED) is 0.548. The summed E-state index contributed by atoms with van der Waals surface area (Å²) in [6.45, 7) is 5.80. The zero-order chi connectivity index (χ0) is 19.8. The molecular formula is C20H21N7O. The maximum absolute atomic E-state index is 13.1. The molecule has 8 nitrogen and oxygen atoms in total. The number of carbonyl (C=O) groups is 1. The highest BCUT2D eigenvalue weighted by atomic mass is 16.2. The van der Waals surface area contributed by atoms with E-state index in [0.717, 1.165) is 28.3 Å². The number of hydrogen-bond acceptors (Lipinski definition) is 5. The predicted molar refractivity (Wildman–Crippen MR) is 104 cm³/mol. The second kappa shape index (κ2) is 6.88. The maximum Gasteiger partial charge on any atom is 0.257 e. The fraction of sp³-hybridized carbons (Fsp3) is 0.250. The van der Waals surface area contributed by atoms with Crippen molar-refractivity contribution in [3.8, 4) is 5.69 Å². The van der Waals surface area contributed by atoms with Gasteiger partial charge in [0.25, 0.3) is 5.91 Å². The smallest absolute Gasteiger partial charge is 0.257 e. The number of aryl methyl sites for hydroxylation is 2. The molecule has 0 aliphatic heterocycles. The Labute approximate surface area is 162 Å². The molecule has 4 rings (SSSR count). The first kappa shape index (κ1) is 17.8. The number of hydrogen-bond donors (Lipinski definition) is 0. The van der Waals surface area contributed by atoms with Crippen molar-refractivity contribution >= 4 is 11.6 Å². The Hall–Kier alpha value is -3.55. The van der Waals surface area contributed by atoms with Gasteiger partial charge < -0.3 is 4.90 Å². The van der Waals surface area contributed by atoms with Crippen molar-refractivity contribution in [3.63, 3.8) is 0 Å². The largest absolute Gasteiger partial charge is 0.335 e. The molecule has 0 aliphatic rings. The highest BCUT2D eigenvalue weighted by molar-refractivity contribution is 5.95. The van der Waals surface area contributed by atoms with Crippen LogP contribution in [0.4, 0.5) is 0 Å². The van der Waals surface area contributed by atoms with Gasteiger partial charge >= 0.3 is 0 Å². The van der Waals surface area contributed by atoms with Gasteiger partial charge in [0.05, 0.1) is 28.7 Å². The molecule has 0 N–H and O–H groups in total. The van der Waals surface area contributed by atoms with E-state index in [2.05, 4.69) is 20.2 Å². The number of carbonyl (C=O) groups excluding carboxylic acids is 1. The van der Waals surface area contributed by atoms with E-state index in [-0.39, 0.29) is 11.9 Å². The lowest BCUT2D eigenvalue weighted by molar-refractivity contribution is 0.0740. The van der Waals surface area contributed by atoms with Gasteiger partial charge in [-0.2, -0.15) is 10.2 Å². The van der Waals surface area contributed by atoms with Crippen LogP contribution in [0.5, 0.6) is 0 Å². The monoisotopic (exact) mass is 375 g/mol. The van der Waals surface area contributed by atoms with Crippen molar-refractivity contribution in [1.82, 2.24) is 34.3 Å². The average Bonchev–Trinajstić information content (AvgIpc) is 3.36. The van der Waals surface area contributed by atoms with E-state index in [0.29, 0.717) is 5.56 Å². The number of amides is 1. The van der Waals surface area contributed by atoms with Gasteiger partial charge in [-0.05, 0) is 38.5 Å². The topological polar surface area (TPSA) is 81.2 Å². The van der Waals surface area contributed by atoms with E-state index in [1.807, 2.05) is 51.1 Å². The van der Waals surface area contributed by atoms with Gasteiger partial charge in [0, 0.05) is 19.3 Å². The van der Waals surface area contributed by atoms with Gasteiger partial charge in [0.2, 0.25) is 0 Å². The van der Waals surface area contributed by atoms with Gasteiger partial charge in [-0.15, -0.1) is 0 Å². The molecule has 1 aromatic carbocycles. The van der Waals surface area contributed by atoms with Crippen LogP contribution >= 0.6 is 0 Å². The second-order valence-corrected chi connectivity index (χ2v) is 6.84. The SMILES string of the molecule is Cc1cc2ncc(C(=O)N(C)C(C)c3ccc(-n4cncn4)cc3)c(C)n2n1. The summed E-state index contributed by atoms with van der Waals surface area (Å²) in [5.41, 5.74) is 4.89. The lowest BCUT2D eigenvalue weighted by Crippen LogP contribution is -2.30. The van der Waals surface area contributed by atoms with Gasteiger partial charge in [-0.1, -0.05) is 12.1 Å². The predicted octanol–water partition coefficient (Wildman–Crippen LogP) is 2.76. The van der Waals surface area contributed by atoms with Crippen LogP contribution in [0.1, 0.15) is 40.3 Å². The van der Waals surface area contributed by atoms with E-state index >= 15 is 0 Å². The molecule has 4 aromatic rings. The van der Waals surface area contributed by atoms with Crippen molar-refractivity contribution in [2.24, 2.45) is 0 Å². The van der Waals surface area contributed by atoms with Crippen LogP contribution in [0.25, 0.3) is 11.3 Å². The van der Waals surface area contributed by atoms with Gasteiger partial charge in [0.15, 0.2) is 5.65 Å². The van der Waals surface area contributed by atoms with Crippen LogP contribution in [0, 0.1) is 13.8 Å². The molecule has 28 heavy (non-hydrogen) atoms. The van der Waals surface area contributed by atoms with Crippen molar-refractivity contribution < 1.29 is 4.79 Å². The third kappa shape index (κ3) is 3.02. The molecule has 0 fully saturated rings. The first-order valence-corrected chi connectivity index (χ1v) is 9.00. The summed E-state index contributed by atoms with van der Waals surface area (Å²) in [5, 5.41) is 8.55. The lowest BCUT2D eigenvalue weighted by Gasteiger charge is -2.26. The molecule has 0 aliphatic carbocycles. The Morgan fingerprint density at radius 3 is 2.61 bits per heavy atom. The number of rotatable bonds is 4. The van der Waals surface area contributed by atoms with Crippen LogP contribution in [0.2, 0.25) is 0 Å². The number of benzene rings is 1. The van der Waals surface area contributed by atoms with Crippen LogP contribution in [-0.4, -0.2) is 47.2 Å². The third-order valence-electron chi connectivity index (χ3n) is 5.04. The summed E-state index contributed by atoms with van der Waals surface area (Å²) in [4.78, 5) is 23.2. The second-order valence-electron chi connectivity index (χ2n) is 6.84. The molecule has 0 saturated carbocycles. The average molecular weight is 375 g/mol. The molecule has 8 heteroatoms. The van der Waals surface area contributed by atoms with E-state index < -0.39 is 0 Å². The molecular weight excluding hydrogens is 354 g/mol. The van der Waals surface area contributed by atoms with Crippen LogP contribution < -0.4 is 0 Å². The summed E-state index contributed by atoms with van der Waals surface area (Å²) >= 11 is 0. The first-order valence-electron chi connectivity index (χ1n) is 9.00. The Morgan fingerprint density at radius 1 is 1.18 bits per heavy atom. The zero-order valence-corrected chi connectivity index (χ0v) is 16.2. The normalized spacial score (nSPS) is 12.3. The van der Waals surface area contributed by atoms with E-state index in [4.69, 9.17) is 0 Å². The molecule has 142 valence electrons. The van der Waals surface area contributed by atoms with Crippen molar-refractivity contribution in [2.45, 2.75) is 26.8 Å². The number of nitrogens with zero attached hydrogens (tertiary/aromatic N) is 7. The van der Waals surface area contributed by atoms with E-state index in [1.54, 1.807) is 33.7 Å². The Morgan fingerprint density at radius 2 is 1.93 bits per heavy atom. The van der Waals surface area contributed by atoms with Crippen molar-refractivity contribution in [2.75, 3.05) is 7.05 Å². The third-order valence-corrected chi connectivity index (χ3v) is 5.04. The summed E-state index contributed by atoms with van der Waals surface area (Å²) < 4.78 is 3.41. The molecule has 0 saturated heterocycles. The summed E-state index contributed by atoms with van der Waals surface area (Å²) in [7, 11) is 1.80. The van der Waals surface area contributed by atoms with Gasteiger partial charge in [-0.25, -0.2) is 19.2 Å². The highest BCUT2D eigenvalue weighted by Gasteiger charge is 2.22. The van der Waals surface area contributed by atoms with Gasteiger partial charge in [-0.3, -0.25) is 4.79 Å². The van der Waals surface area contributed by atoms with Gasteiger partial charge in [0.1, 0.15) is 12.7 Å². The van der Waals surface area contributed by atoms with E-state index in [9.17, 15) is 4.79 Å². The maximum atomic E-state index is 13.1. The highest BCUT2D eigenvalue weighted by Crippen LogP contribution is 2.23. The van der Waals surface area contributed by atoms with E-state index in [1.165, 1.54) is 6.33 Å². The fourth-order valence-corrected chi connectivity index (χ4v) is 3.21. The molecule has 3 heterocycles. The van der Waals surface area contributed by atoms with Crippen LogP contribution in [0.3, 0.4) is 0 Å². The molecule has 1 unspecified atom stereocenters. The Bertz CT molecular complexity index is 1130. The minimum Gasteiger partial charge on any atom is -0.335 e. The minimum absolute atomic E-state index is 0.0899. The fourth-order valence-electron chi connectivity index (χ4n) is 3.21. The lowest BCUT2D eigenvalue weighted by atomic mass is 10.1. The zero-order valence-electron chi connectivity index (χ0n) is 16.2. The van der Waals surface area contributed by atoms with Crippen LogP contribution in [-0.2, 0) is 0 Å². The standard InChI is InChI=1S/C20H21N7O/c1-13-9-19-22-10-18(15(3)27(19)24-13)20(28)25(4)14(2)16-5-7-17(8-6-16)26-12-21-11-23-26/h5-12,14H,1-4H3. The molecule has 0 spiro atoms. The molecule has 1 amide bonds. The Kier molecular flexibility index (Phi) is 4.38. The van der Waals surface area contributed by atoms with Crippen molar-refractivity contribution in [3.05, 3.63) is 71.7 Å². The molecule has 3 aromatic heterocycles. The number of fused-ring (bicyclic) bond motifs is 1. The van der Waals surface area contributed by atoms with Crippen LogP contribution in [0.15, 0.2) is 49.2 Å². The first-order chi connectivity index (χ1) is 13.5.